The predicted octanol–water partition coefficient (Wildman–Crippen LogP) is 4.84. The second-order valence-corrected chi connectivity index (χ2v) is 7.79. The molecular formula is C19H34O5S. The van der Waals surface area contributed by atoms with Crippen molar-refractivity contribution < 1.29 is 22.5 Å². The number of ether oxygens (including phenoxy) is 1. The minimum atomic E-state index is -4.39. The van der Waals surface area contributed by atoms with Crippen LogP contribution in [0.3, 0.4) is 0 Å². The van der Waals surface area contributed by atoms with Gasteiger partial charge in [0.2, 0.25) is 0 Å². The first-order valence-electron chi connectivity index (χ1n) is 9.27. The van der Waals surface area contributed by atoms with Crippen molar-refractivity contribution in [2.75, 3.05) is 7.11 Å². The molecule has 0 bridgehead atoms. The molecule has 0 aliphatic carbocycles. The third-order valence-electron chi connectivity index (χ3n) is 3.99. The molecule has 0 saturated heterocycles. The maximum absolute atomic E-state index is 11.3. The standard InChI is InChI=1S/C19H34O5S/c1-3-4-5-6-7-8-9-10-11-12-13-14-15-16-17-18(19(20)24-2)25(21,22)23/h7-8,10-11,18H,3-6,9,12-17H2,1-2H3,(H,21,22,23)/b8-7-,11-10-. The molecule has 0 fully saturated rings. The Balaban J connectivity index is 3.69. The molecule has 0 aliphatic heterocycles. The van der Waals surface area contributed by atoms with Gasteiger partial charge in [0.25, 0.3) is 10.1 Å². The van der Waals surface area contributed by atoms with Crippen molar-refractivity contribution in [2.24, 2.45) is 0 Å². The Bertz CT molecular complexity index is 494. The molecule has 0 radical (unpaired) electrons. The van der Waals surface area contributed by atoms with Gasteiger partial charge in [0, 0.05) is 0 Å². The minimum absolute atomic E-state index is 0.101. The van der Waals surface area contributed by atoms with Gasteiger partial charge in [-0.1, -0.05) is 63.3 Å². The van der Waals surface area contributed by atoms with Crippen LogP contribution in [0.1, 0.15) is 77.6 Å². The Morgan fingerprint density at radius 3 is 2.04 bits per heavy atom. The first-order valence-corrected chi connectivity index (χ1v) is 10.8. The molecule has 6 heteroatoms. The number of methoxy groups -OCH3 is 1. The molecule has 25 heavy (non-hydrogen) atoms. The smallest absolute Gasteiger partial charge is 0.326 e. The molecule has 0 rings (SSSR count). The highest BCUT2D eigenvalue weighted by atomic mass is 32.2. The van der Waals surface area contributed by atoms with Crippen molar-refractivity contribution >= 4 is 16.1 Å². The molecule has 0 heterocycles. The molecule has 146 valence electrons. The summed E-state index contributed by atoms with van der Waals surface area (Å²) in [5, 5.41) is -1.46. The molecule has 0 amide bonds. The van der Waals surface area contributed by atoms with Crippen LogP contribution in [-0.2, 0) is 19.6 Å². The Kier molecular flexibility index (Phi) is 14.5. The van der Waals surface area contributed by atoms with Gasteiger partial charge in [-0.05, 0) is 38.5 Å². The van der Waals surface area contributed by atoms with Crippen LogP contribution in [0.2, 0.25) is 0 Å². The lowest BCUT2D eigenvalue weighted by Crippen LogP contribution is -2.30. The average Bonchev–Trinajstić information content (AvgIpc) is 2.56. The van der Waals surface area contributed by atoms with Gasteiger partial charge < -0.3 is 4.74 Å². The number of rotatable bonds is 15. The van der Waals surface area contributed by atoms with E-state index in [1.807, 2.05) is 0 Å². The first kappa shape index (κ1) is 23.9. The van der Waals surface area contributed by atoms with E-state index >= 15 is 0 Å². The number of hydrogen-bond donors (Lipinski definition) is 1. The summed E-state index contributed by atoms with van der Waals surface area (Å²) in [5.41, 5.74) is 0. The first-order chi connectivity index (χ1) is 11.9. The number of carbonyl (C=O) groups is 1. The van der Waals surface area contributed by atoms with Crippen LogP contribution < -0.4 is 0 Å². The van der Waals surface area contributed by atoms with E-state index in [1.165, 1.54) is 19.3 Å². The Labute approximate surface area is 153 Å². The van der Waals surface area contributed by atoms with Gasteiger partial charge in [0.1, 0.15) is 0 Å². The van der Waals surface area contributed by atoms with Crippen LogP contribution in [0.15, 0.2) is 24.3 Å². The third-order valence-corrected chi connectivity index (χ3v) is 5.14. The summed E-state index contributed by atoms with van der Waals surface area (Å²) in [5.74, 6) is -0.895. The number of esters is 1. The monoisotopic (exact) mass is 374 g/mol. The van der Waals surface area contributed by atoms with Gasteiger partial charge in [0.15, 0.2) is 5.25 Å². The fourth-order valence-electron chi connectivity index (χ4n) is 2.48. The van der Waals surface area contributed by atoms with Crippen LogP contribution in [0.4, 0.5) is 0 Å². The van der Waals surface area contributed by atoms with Crippen molar-refractivity contribution in [2.45, 2.75) is 82.8 Å². The Hall–Kier alpha value is -1.14. The molecule has 1 unspecified atom stereocenters. The lowest BCUT2D eigenvalue weighted by atomic mass is 10.1. The third kappa shape index (κ3) is 13.8. The lowest BCUT2D eigenvalue weighted by Gasteiger charge is -2.10. The summed E-state index contributed by atoms with van der Waals surface area (Å²) in [4.78, 5) is 11.3. The van der Waals surface area contributed by atoms with Gasteiger partial charge in [-0.25, -0.2) is 0 Å². The summed E-state index contributed by atoms with van der Waals surface area (Å²) in [6.45, 7) is 2.21. The Morgan fingerprint density at radius 2 is 1.52 bits per heavy atom. The van der Waals surface area contributed by atoms with E-state index in [-0.39, 0.29) is 6.42 Å². The maximum atomic E-state index is 11.3. The average molecular weight is 375 g/mol. The second kappa shape index (κ2) is 15.1. The van der Waals surface area contributed by atoms with Crippen molar-refractivity contribution in [3.8, 4) is 0 Å². The van der Waals surface area contributed by atoms with Gasteiger partial charge in [-0.15, -0.1) is 0 Å². The van der Waals surface area contributed by atoms with E-state index in [9.17, 15) is 13.2 Å². The van der Waals surface area contributed by atoms with E-state index in [4.69, 9.17) is 4.55 Å². The molecule has 5 nitrogen and oxygen atoms in total. The molecule has 0 aromatic rings. The quantitative estimate of drug-likeness (QED) is 0.192. The second-order valence-electron chi connectivity index (χ2n) is 6.19. The van der Waals surface area contributed by atoms with E-state index in [0.717, 1.165) is 45.6 Å². The van der Waals surface area contributed by atoms with E-state index < -0.39 is 21.3 Å². The van der Waals surface area contributed by atoms with Crippen molar-refractivity contribution in [3.05, 3.63) is 24.3 Å². The van der Waals surface area contributed by atoms with Crippen molar-refractivity contribution in [3.63, 3.8) is 0 Å². The largest absolute Gasteiger partial charge is 0.468 e. The van der Waals surface area contributed by atoms with Gasteiger partial charge >= 0.3 is 5.97 Å². The molecule has 0 aromatic carbocycles. The van der Waals surface area contributed by atoms with Crippen LogP contribution in [0.25, 0.3) is 0 Å². The number of unbranched alkanes of at least 4 members (excludes halogenated alkanes) is 7. The molecule has 0 aromatic heterocycles. The van der Waals surface area contributed by atoms with E-state index in [2.05, 4.69) is 36.0 Å². The number of allylic oxidation sites excluding steroid dienone is 4. The summed E-state index contributed by atoms with van der Waals surface area (Å²) < 4.78 is 35.7. The summed E-state index contributed by atoms with van der Waals surface area (Å²) in [6, 6.07) is 0. The van der Waals surface area contributed by atoms with Gasteiger partial charge in [0.05, 0.1) is 7.11 Å². The number of hydrogen-bond acceptors (Lipinski definition) is 4. The van der Waals surface area contributed by atoms with Gasteiger partial charge in [-0.3, -0.25) is 9.35 Å². The molecule has 0 aliphatic rings. The lowest BCUT2D eigenvalue weighted by molar-refractivity contribution is -0.140. The van der Waals surface area contributed by atoms with E-state index in [0.29, 0.717) is 6.42 Å². The Morgan fingerprint density at radius 1 is 0.960 bits per heavy atom. The molecule has 0 saturated carbocycles. The highest BCUT2D eigenvalue weighted by Crippen LogP contribution is 2.13. The highest BCUT2D eigenvalue weighted by molar-refractivity contribution is 7.87. The van der Waals surface area contributed by atoms with E-state index in [1.54, 1.807) is 0 Å². The topological polar surface area (TPSA) is 80.7 Å². The van der Waals surface area contributed by atoms with Crippen molar-refractivity contribution in [1.82, 2.24) is 0 Å². The van der Waals surface area contributed by atoms with Gasteiger partial charge in [-0.2, -0.15) is 8.42 Å². The van der Waals surface area contributed by atoms with Crippen molar-refractivity contribution in [1.29, 1.82) is 0 Å². The highest BCUT2D eigenvalue weighted by Gasteiger charge is 2.31. The number of carbonyl (C=O) groups excluding carboxylic acids is 1. The predicted molar refractivity (Wildman–Crippen MR) is 102 cm³/mol. The molecule has 0 spiro atoms. The summed E-state index contributed by atoms with van der Waals surface area (Å²) in [7, 11) is -3.27. The van der Waals surface area contributed by atoms with Crippen LogP contribution in [0.5, 0.6) is 0 Å². The fourth-order valence-corrected chi connectivity index (χ4v) is 3.29. The van der Waals surface area contributed by atoms with Crippen LogP contribution in [-0.4, -0.2) is 31.3 Å². The minimum Gasteiger partial charge on any atom is -0.468 e. The zero-order valence-electron chi connectivity index (χ0n) is 15.7. The molecule has 1 N–H and O–H groups in total. The summed E-state index contributed by atoms with van der Waals surface area (Å²) >= 11 is 0. The zero-order chi connectivity index (χ0) is 19.0. The fraction of sp³-hybridized carbons (Fsp3) is 0.737. The normalized spacial score (nSPS) is 13.6. The zero-order valence-corrected chi connectivity index (χ0v) is 16.5. The van der Waals surface area contributed by atoms with Crippen LogP contribution in [0, 0.1) is 0 Å². The summed E-state index contributed by atoms with van der Waals surface area (Å²) in [6.07, 6.45) is 19.3. The molecule has 1 atom stereocenters. The van der Waals surface area contributed by atoms with Crippen LogP contribution >= 0.6 is 0 Å². The maximum Gasteiger partial charge on any atom is 0.326 e. The SMILES string of the molecule is CCCCC/C=C\C/C=C\CCCCCCC(C(=O)OC)S(=O)(=O)O. The molecular weight excluding hydrogens is 340 g/mol.